The van der Waals surface area contributed by atoms with Gasteiger partial charge in [0.05, 0.1) is 17.4 Å². The summed E-state index contributed by atoms with van der Waals surface area (Å²) in [5, 5.41) is 21.2. The molecule has 0 heterocycles. The monoisotopic (exact) mass is 253 g/mol. The summed E-state index contributed by atoms with van der Waals surface area (Å²) in [6.45, 7) is 0. The lowest BCUT2D eigenvalue weighted by atomic mass is 10.2. The largest absolute Gasteiger partial charge is 0.481 e. The van der Waals surface area contributed by atoms with E-state index in [1.165, 1.54) is 24.3 Å². The molecule has 1 unspecified atom stereocenters. The molecular weight excluding hydrogens is 242 g/mol. The van der Waals surface area contributed by atoms with E-state index in [1.54, 1.807) is 0 Å². The van der Waals surface area contributed by atoms with Gasteiger partial charge in [-0.2, -0.15) is 0 Å². The second-order valence-corrected chi connectivity index (χ2v) is 3.50. The van der Waals surface area contributed by atoms with Crippen molar-refractivity contribution < 1.29 is 19.6 Å². The maximum absolute atomic E-state index is 11.4. The number of nitrogens with one attached hydrogen (secondary N) is 1. The van der Waals surface area contributed by atoms with E-state index in [1.807, 2.05) is 0 Å². The summed E-state index contributed by atoms with van der Waals surface area (Å²) >= 11 is 0. The molecule has 4 N–H and O–H groups in total. The van der Waals surface area contributed by atoms with Crippen LogP contribution in [-0.2, 0) is 9.59 Å². The van der Waals surface area contributed by atoms with Crippen molar-refractivity contribution in [3.8, 4) is 0 Å². The van der Waals surface area contributed by atoms with Crippen LogP contribution in [-0.4, -0.2) is 27.9 Å². The van der Waals surface area contributed by atoms with Crippen LogP contribution in [0.15, 0.2) is 24.3 Å². The summed E-state index contributed by atoms with van der Waals surface area (Å²) in [6, 6.07) is 3.95. The molecule has 0 spiro atoms. The van der Waals surface area contributed by atoms with Gasteiger partial charge in [-0.3, -0.25) is 19.7 Å². The fourth-order valence-electron chi connectivity index (χ4n) is 1.18. The minimum Gasteiger partial charge on any atom is -0.481 e. The predicted octanol–water partition coefficient (Wildman–Crippen LogP) is 0.335. The molecule has 1 aromatic carbocycles. The van der Waals surface area contributed by atoms with Crippen LogP contribution in [0.2, 0.25) is 0 Å². The summed E-state index contributed by atoms with van der Waals surface area (Å²) in [5.74, 6) is -1.84. The van der Waals surface area contributed by atoms with Crippen LogP contribution in [0, 0.1) is 10.1 Å². The third-order valence-electron chi connectivity index (χ3n) is 2.08. The van der Waals surface area contributed by atoms with E-state index in [0.717, 1.165) is 0 Å². The summed E-state index contributed by atoms with van der Waals surface area (Å²) < 4.78 is 0. The smallest absolute Gasteiger partial charge is 0.305 e. The number of carboxylic acids is 1. The molecule has 1 amide bonds. The molecule has 0 saturated carbocycles. The molecule has 0 aliphatic carbocycles. The lowest BCUT2D eigenvalue weighted by molar-refractivity contribution is -0.384. The van der Waals surface area contributed by atoms with Gasteiger partial charge in [-0.05, 0) is 12.1 Å². The van der Waals surface area contributed by atoms with Crippen molar-refractivity contribution in [3.05, 3.63) is 34.4 Å². The number of nitro groups is 1. The fourth-order valence-corrected chi connectivity index (χ4v) is 1.18. The van der Waals surface area contributed by atoms with E-state index in [9.17, 15) is 19.7 Å². The van der Waals surface area contributed by atoms with Gasteiger partial charge in [0.25, 0.3) is 5.69 Å². The van der Waals surface area contributed by atoms with Crippen molar-refractivity contribution in [2.75, 3.05) is 5.32 Å². The molecule has 0 radical (unpaired) electrons. The zero-order valence-electron chi connectivity index (χ0n) is 9.20. The van der Waals surface area contributed by atoms with Gasteiger partial charge in [-0.15, -0.1) is 0 Å². The Balaban J connectivity index is 2.64. The van der Waals surface area contributed by atoms with Crippen LogP contribution in [0.4, 0.5) is 11.4 Å². The first-order chi connectivity index (χ1) is 8.40. The molecule has 0 aliphatic heterocycles. The standard InChI is InChI=1S/C10H11N3O5/c11-8(5-9(14)15)10(16)12-6-1-3-7(4-2-6)13(17)18/h1-4,8H,5,11H2,(H,12,16)(H,14,15). The first-order valence-electron chi connectivity index (χ1n) is 4.93. The van der Waals surface area contributed by atoms with E-state index in [4.69, 9.17) is 10.8 Å². The number of rotatable bonds is 5. The average molecular weight is 253 g/mol. The zero-order chi connectivity index (χ0) is 13.7. The highest BCUT2D eigenvalue weighted by Crippen LogP contribution is 2.15. The van der Waals surface area contributed by atoms with Crippen LogP contribution >= 0.6 is 0 Å². The summed E-state index contributed by atoms with van der Waals surface area (Å²) in [5.41, 5.74) is 5.55. The number of nitro benzene ring substituents is 1. The number of carboxylic acid groups (broad SMARTS) is 1. The SMILES string of the molecule is NC(CC(=O)O)C(=O)Nc1ccc([N+](=O)[O-])cc1. The Morgan fingerprint density at radius 3 is 2.39 bits per heavy atom. The Hall–Kier alpha value is -2.48. The maximum atomic E-state index is 11.4. The van der Waals surface area contributed by atoms with Gasteiger partial charge in [-0.25, -0.2) is 0 Å². The first-order valence-corrected chi connectivity index (χ1v) is 4.93. The topological polar surface area (TPSA) is 136 Å². The number of hydrogen-bond acceptors (Lipinski definition) is 5. The van der Waals surface area contributed by atoms with Gasteiger partial charge in [-0.1, -0.05) is 0 Å². The first kappa shape index (κ1) is 13.6. The predicted molar refractivity (Wildman–Crippen MR) is 62.0 cm³/mol. The van der Waals surface area contributed by atoms with E-state index in [-0.39, 0.29) is 5.69 Å². The number of carbonyl (C=O) groups excluding carboxylic acids is 1. The van der Waals surface area contributed by atoms with Crippen molar-refractivity contribution in [1.82, 2.24) is 0 Å². The van der Waals surface area contributed by atoms with Gasteiger partial charge < -0.3 is 16.2 Å². The Kier molecular flexibility index (Phi) is 4.33. The molecule has 1 rings (SSSR count). The number of non-ortho nitro benzene ring substituents is 1. The molecule has 0 saturated heterocycles. The second kappa shape index (κ2) is 5.73. The molecular formula is C10H11N3O5. The van der Waals surface area contributed by atoms with Gasteiger partial charge in [0.1, 0.15) is 0 Å². The summed E-state index contributed by atoms with van der Waals surface area (Å²) in [7, 11) is 0. The Morgan fingerprint density at radius 2 is 1.94 bits per heavy atom. The molecule has 0 aromatic heterocycles. The molecule has 18 heavy (non-hydrogen) atoms. The molecule has 8 heteroatoms. The highest BCUT2D eigenvalue weighted by molar-refractivity contribution is 5.96. The normalized spacial score (nSPS) is 11.6. The van der Waals surface area contributed by atoms with Gasteiger partial charge in [0.15, 0.2) is 0 Å². The lowest BCUT2D eigenvalue weighted by Gasteiger charge is -2.09. The number of benzene rings is 1. The Bertz CT molecular complexity index is 471. The van der Waals surface area contributed by atoms with Crippen molar-refractivity contribution in [1.29, 1.82) is 0 Å². The molecule has 1 aromatic rings. The number of nitrogens with zero attached hydrogens (tertiary/aromatic N) is 1. The van der Waals surface area contributed by atoms with Gasteiger partial charge in [0.2, 0.25) is 5.91 Å². The molecule has 0 bridgehead atoms. The van der Waals surface area contributed by atoms with Crippen LogP contribution in [0.25, 0.3) is 0 Å². The number of carbonyl (C=O) groups is 2. The lowest BCUT2D eigenvalue weighted by Crippen LogP contribution is -2.37. The van der Waals surface area contributed by atoms with E-state index < -0.39 is 29.3 Å². The maximum Gasteiger partial charge on any atom is 0.305 e. The van der Waals surface area contributed by atoms with Gasteiger partial charge >= 0.3 is 5.97 Å². The quantitative estimate of drug-likeness (QED) is 0.511. The number of anilines is 1. The third kappa shape index (κ3) is 3.83. The van der Waals surface area contributed by atoms with E-state index in [0.29, 0.717) is 5.69 Å². The highest BCUT2D eigenvalue weighted by Gasteiger charge is 2.17. The third-order valence-corrected chi connectivity index (χ3v) is 2.08. The summed E-state index contributed by atoms with van der Waals surface area (Å²) in [6.07, 6.45) is -0.487. The molecule has 0 aliphatic rings. The number of aliphatic carboxylic acids is 1. The minimum atomic E-state index is -1.18. The Labute approximate surface area is 102 Å². The number of nitrogens with two attached hydrogens (primary N) is 1. The molecule has 8 nitrogen and oxygen atoms in total. The minimum absolute atomic E-state index is 0.108. The fraction of sp³-hybridized carbons (Fsp3) is 0.200. The Morgan fingerprint density at radius 1 is 1.39 bits per heavy atom. The van der Waals surface area contributed by atoms with Crippen molar-refractivity contribution in [2.45, 2.75) is 12.5 Å². The van der Waals surface area contributed by atoms with Crippen molar-refractivity contribution >= 4 is 23.3 Å². The van der Waals surface area contributed by atoms with E-state index >= 15 is 0 Å². The molecule has 96 valence electrons. The van der Waals surface area contributed by atoms with Crippen molar-refractivity contribution in [3.63, 3.8) is 0 Å². The van der Waals surface area contributed by atoms with Crippen LogP contribution in [0.1, 0.15) is 6.42 Å². The average Bonchev–Trinajstić information content (AvgIpc) is 2.28. The number of amides is 1. The number of hydrogen-bond donors (Lipinski definition) is 3. The molecule has 0 fully saturated rings. The summed E-state index contributed by atoms with van der Waals surface area (Å²) in [4.78, 5) is 31.6. The van der Waals surface area contributed by atoms with Gasteiger partial charge in [0, 0.05) is 17.8 Å². The zero-order valence-corrected chi connectivity index (χ0v) is 9.20. The van der Waals surface area contributed by atoms with Crippen molar-refractivity contribution in [2.24, 2.45) is 5.73 Å². The highest BCUT2D eigenvalue weighted by atomic mass is 16.6. The van der Waals surface area contributed by atoms with E-state index in [2.05, 4.69) is 5.32 Å². The molecule has 1 atom stereocenters. The van der Waals surface area contributed by atoms with Crippen LogP contribution in [0.3, 0.4) is 0 Å². The van der Waals surface area contributed by atoms with Crippen LogP contribution in [0.5, 0.6) is 0 Å². The second-order valence-electron chi connectivity index (χ2n) is 3.50. The van der Waals surface area contributed by atoms with Crippen LogP contribution < -0.4 is 11.1 Å².